The predicted octanol–water partition coefficient (Wildman–Crippen LogP) is 2.76. The minimum absolute atomic E-state index is 0.295. The maximum Gasteiger partial charge on any atom is 0.339 e. The van der Waals surface area contributed by atoms with Crippen molar-refractivity contribution in [3.8, 4) is 0 Å². The van der Waals surface area contributed by atoms with Crippen LogP contribution in [0, 0.1) is 13.8 Å². The van der Waals surface area contributed by atoms with Crippen molar-refractivity contribution in [2.24, 2.45) is 0 Å². The summed E-state index contributed by atoms with van der Waals surface area (Å²) in [6.07, 6.45) is -0.818. The first-order valence-electron chi connectivity index (χ1n) is 6.71. The summed E-state index contributed by atoms with van der Waals surface area (Å²) in [6, 6.07) is 5.44. The van der Waals surface area contributed by atoms with Gasteiger partial charge in [0.2, 0.25) is 0 Å². The maximum atomic E-state index is 12.1. The summed E-state index contributed by atoms with van der Waals surface area (Å²) < 4.78 is 5.23. The van der Waals surface area contributed by atoms with Crippen LogP contribution in [0.5, 0.6) is 0 Å². The van der Waals surface area contributed by atoms with Crippen molar-refractivity contribution in [2.45, 2.75) is 53.2 Å². The smallest absolute Gasteiger partial charge is 0.339 e. The highest BCUT2D eigenvalue weighted by Gasteiger charge is 2.23. The molecule has 0 aliphatic carbocycles. The Balaban J connectivity index is 2.76. The molecule has 1 unspecified atom stereocenters. The molecule has 4 nitrogen and oxygen atoms in total. The van der Waals surface area contributed by atoms with Gasteiger partial charge in [-0.2, -0.15) is 0 Å². The van der Waals surface area contributed by atoms with Gasteiger partial charge in [-0.25, -0.2) is 4.79 Å². The molecular weight excluding hydrogens is 254 g/mol. The van der Waals surface area contributed by atoms with E-state index in [1.165, 1.54) is 0 Å². The Kier molecular flexibility index (Phi) is 4.93. The van der Waals surface area contributed by atoms with Gasteiger partial charge >= 0.3 is 5.97 Å². The van der Waals surface area contributed by atoms with E-state index in [-0.39, 0.29) is 11.4 Å². The summed E-state index contributed by atoms with van der Waals surface area (Å²) in [6.45, 7) is 11.0. The Morgan fingerprint density at radius 1 is 1.20 bits per heavy atom. The fourth-order valence-electron chi connectivity index (χ4n) is 1.72. The maximum absolute atomic E-state index is 12.1. The van der Waals surface area contributed by atoms with Crippen LogP contribution in [-0.4, -0.2) is 23.5 Å². The molecule has 0 heterocycles. The molecule has 1 amide bonds. The van der Waals surface area contributed by atoms with Crippen molar-refractivity contribution in [1.29, 1.82) is 0 Å². The molecular formula is C16H23NO3. The minimum atomic E-state index is -0.818. The Labute approximate surface area is 120 Å². The second-order valence-corrected chi connectivity index (χ2v) is 6.03. The number of carbonyl (C=O) groups excluding carboxylic acids is 2. The predicted molar refractivity (Wildman–Crippen MR) is 78.7 cm³/mol. The van der Waals surface area contributed by atoms with Crippen LogP contribution in [0.25, 0.3) is 0 Å². The van der Waals surface area contributed by atoms with Gasteiger partial charge in [-0.05, 0) is 58.7 Å². The molecule has 110 valence electrons. The van der Waals surface area contributed by atoms with Crippen LogP contribution in [0.1, 0.15) is 49.2 Å². The Morgan fingerprint density at radius 2 is 1.80 bits per heavy atom. The van der Waals surface area contributed by atoms with Crippen LogP contribution in [-0.2, 0) is 9.53 Å². The van der Waals surface area contributed by atoms with Crippen molar-refractivity contribution in [3.05, 3.63) is 34.9 Å². The van der Waals surface area contributed by atoms with E-state index in [1.807, 2.05) is 40.7 Å². The summed E-state index contributed by atoms with van der Waals surface area (Å²) in [4.78, 5) is 24.0. The van der Waals surface area contributed by atoms with Crippen LogP contribution in [0.2, 0.25) is 0 Å². The van der Waals surface area contributed by atoms with Crippen LogP contribution in [0.15, 0.2) is 18.2 Å². The van der Waals surface area contributed by atoms with Crippen molar-refractivity contribution >= 4 is 11.9 Å². The van der Waals surface area contributed by atoms with Crippen LogP contribution in [0.4, 0.5) is 0 Å². The number of benzene rings is 1. The van der Waals surface area contributed by atoms with Crippen molar-refractivity contribution in [1.82, 2.24) is 5.32 Å². The molecule has 1 N–H and O–H groups in total. The number of esters is 1. The molecule has 0 fully saturated rings. The largest absolute Gasteiger partial charge is 0.449 e. The third-order valence-corrected chi connectivity index (χ3v) is 2.98. The summed E-state index contributed by atoms with van der Waals surface area (Å²) in [5, 5.41) is 2.79. The molecule has 0 aliphatic rings. The molecule has 0 saturated carbocycles. The van der Waals surface area contributed by atoms with E-state index in [0.717, 1.165) is 11.1 Å². The van der Waals surface area contributed by atoms with Gasteiger partial charge in [0, 0.05) is 5.54 Å². The molecule has 0 aliphatic heterocycles. The third-order valence-electron chi connectivity index (χ3n) is 2.98. The standard InChI is InChI=1S/C16H23NO3/c1-10-8-7-9-13(11(10)2)15(19)20-12(3)14(18)17-16(4,5)6/h7-9,12H,1-6H3,(H,17,18). The highest BCUT2D eigenvalue weighted by Crippen LogP contribution is 2.14. The topological polar surface area (TPSA) is 55.4 Å². The molecule has 0 bridgehead atoms. The highest BCUT2D eigenvalue weighted by molar-refractivity contribution is 5.93. The summed E-state index contributed by atoms with van der Waals surface area (Å²) >= 11 is 0. The lowest BCUT2D eigenvalue weighted by Gasteiger charge is -2.23. The van der Waals surface area contributed by atoms with Crippen molar-refractivity contribution in [3.63, 3.8) is 0 Å². The Bertz CT molecular complexity index is 515. The van der Waals surface area contributed by atoms with E-state index >= 15 is 0 Å². The number of carbonyl (C=O) groups is 2. The Hall–Kier alpha value is -1.84. The third kappa shape index (κ3) is 4.37. The zero-order valence-electron chi connectivity index (χ0n) is 13.0. The molecule has 1 aromatic carbocycles. The van der Waals surface area contributed by atoms with E-state index in [9.17, 15) is 9.59 Å². The summed E-state index contributed by atoms with van der Waals surface area (Å²) in [5.74, 6) is -0.765. The molecule has 1 rings (SSSR count). The first-order chi connectivity index (χ1) is 9.11. The Morgan fingerprint density at radius 3 is 2.35 bits per heavy atom. The fraction of sp³-hybridized carbons (Fsp3) is 0.500. The van der Waals surface area contributed by atoms with Gasteiger partial charge in [0.15, 0.2) is 6.10 Å². The molecule has 1 aromatic rings. The number of amides is 1. The second kappa shape index (κ2) is 6.07. The number of ether oxygens (including phenoxy) is 1. The number of nitrogens with one attached hydrogen (secondary N) is 1. The van der Waals surface area contributed by atoms with E-state index in [0.29, 0.717) is 5.56 Å². The minimum Gasteiger partial charge on any atom is -0.449 e. The van der Waals surface area contributed by atoms with Gasteiger partial charge in [0.05, 0.1) is 5.56 Å². The van der Waals surface area contributed by atoms with Crippen LogP contribution >= 0.6 is 0 Å². The van der Waals surface area contributed by atoms with Gasteiger partial charge in [-0.3, -0.25) is 4.79 Å². The van der Waals surface area contributed by atoms with Crippen molar-refractivity contribution in [2.75, 3.05) is 0 Å². The normalized spacial score (nSPS) is 12.7. The fourth-order valence-corrected chi connectivity index (χ4v) is 1.72. The van der Waals surface area contributed by atoms with Gasteiger partial charge in [-0.1, -0.05) is 12.1 Å². The van der Waals surface area contributed by atoms with Crippen LogP contribution < -0.4 is 5.32 Å². The van der Waals surface area contributed by atoms with Gasteiger partial charge < -0.3 is 10.1 Å². The molecule has 0 aromatic heterocycles. The summed E-state index contributed by atoms with van der Waals surface area (Å²) in [7, 11) is 0. The average Bonchev–Trinajstić information content (AvgIpc) is 2.30. The molecule has 4 heteroatoms. The number of hydrogen-bond donors (Lipinski definition) is 1. The molecule has 1 atom stereocenters. The van der Waals surface area contributed by atoms with Gasteiger partial charge in [0.1, 0.15) is 0 Å². The lowest BCUT2D eigenvalue weighted by atomic mass is 10.0. The number of rotatable bonds is 3. The first kappa shape index (κ1) is 16.2. The zero-order chi connectivity index (χ0) is 15.5. The molecule has 0 saturated heterocycles. The van der Waals surface area contributed by atoms with E-state index < -0.39 is 12.1 Å². The average molecular weight is 277 g/mol. The van der Waals surface area contributed by atoms with Crippen molar-refractivity contribution < 1.29 is 14.3 Å². The first-order valence-corrected chi connectivity index (χ1v) is 6.71. The van der Waals surface area contributed by atoms with E-state index in [4.69, 9.17) is 4.74 Å². The molecule has 0 radical (unpaired) electrons. The molecule has 20 heavy (non-hydrogen) atoms. The van der Waals surface area contributed by atoms with Gasteiger partial charge in [0.25, 0.3) is 5.91 Å². The highest BCUT2D eigenvalue weighted by atomic mass is 16.5. The number of aryl methyl sites for hydroxylation is 1. The lowest BCUT2D eigenvalue weighted by Crippen LogP contribution is -2.46. The monoisotopic (exact) mass is 277 g/mol. The van der Waals surface area contributed by atoms with E-state index in [2.05, 4.69) is 5.32 Å². The molecule has 0 spiro atoms. The lowest BCUT2D eigenvalue weighted by molar-refractivity contribution is -0.130. The van der Waals surface area contributed by atoms with Crippen LogP contribution in [0.3, 0.4) is 0 Å². The summed E-state index contributed by atoms with van der Waals surface area (Å²) in [5.41, 5.74) is 2.05. The second-order valence-electron chi connectivity index (χ2n) is 6.03. The van der Waals surface area contributed by atoms with Gasteiger partial charge in [-0.15, -0.1) is 0 Å². The van der Waals surface area contributed by atoms with E-state index in [1.54, 1.807) is 19.1 Å². The SMILES string of the molecule is Cc1cccc(C(=O)OC(C)C(=O)NC(C)(C)C)c1C. The quantitative estimate of drug-likeness (QED) is 0.864. The zero-order valence-corrected chi connectivity index (χ0v) is 13.0. The number of hydrogen-bond acceptors (Lipinski definition) is 3.